The van der Waals surface area contributed by atoms with Crippen molar-refractivity contribution in [3.63, 3.8) is 0 Å². The van der Waals surface area contributed by atoms with Gasteiger partial charge in [0, 0.05) is 19.8 Å². The van der Waals surface area contributed by atoms with E-state index in [0.29, 0.717) is 0 Å². The van der Waals surface area contributed by atoms with Crippen molar-refractivity contribution in [1.82, 2.24) is 0 Å². The Hall–Kier alpha value is -0.460. The highest BCUT2D eigenvalue weighted by atomic mass is 16.5. The largest absolute Gasteiger partial charge is 0.412 e. The predicted octanol–water partition coefficient (Wildman–Crippen LogP) is -0.0101. The van der Waals surface area contributed by atoms with Gasteiger partial charge in [0.1, 0.15) is 0 Å². The molecule has 0 spiro atoms. The van der Waals surface area contributed by atoms with Crippen LogP contribution in [0.15, 0.2) is 13.2 Å². The average Bonchev–Trinajstić information content (AvgIpc) is 2.24. The van der Waals surface area contributed by atoms with Gasteiger partial charge in [0.2, 0.25) is 0 Å². The Bertz CT molecular complexity index is 49.1. The molecule has 0 radical (unpaired) electrons. The molecular formula is C10H28O5. The van der Waals surface area contributed by atoms with Crippen molar-refractivity contribution in [2.45, 2.75) is 20.8 Å². The Kier molecular flexibility index (Phi) is 135. The summed E-state index contributed by atoms with van der Waals surface area (Å²) in [6.45, 7) is 13.3. The summed E-state index contributed by atoms with van der Waals surface area (Å²) in [5.41, 5.74) is 0. The molecule has 0 aromatic rings. The molecule has 15 heavy (non-hydrogen) atoms. The zero-order chi connectivity index (χ0) is 12.2. The topological polar surface area (TPSA) is 101 Å². The summed E-state index contributed by atoms with van der Waals surface area (Å²) < 4.78 is 4.83. The number of aliphatic hydroxyl groups is 3. The monoisotopic (exact) mass is 228 g/mol. The minimum absolute atomic E-state index is 0. The van der Waals surface area contributed by atoms with Gasteiger partial charge in [-0.05, 0) is 20.8 Å². The van der Waals surface area contributed by atoms with Gasteiger partial charge >= 0.3 is 0 Å². The summed E-state index contributed by atoms with van der Waals surface area (Å²) in [4.78, 5) is 0. The summed E-state index contributed by atoms with van der Waals surface area (Å²) in [5, 5.41) is 22.8. The molecule has 5 nitrogen and oxygen atoms in total. The van der Waals surface area contributed by atoms with Crippen LogP contribution in [0.5, 0.6) is 0 Å². The zero-order valence-corrected chi connectivity index (χ0v) is 10.2. The van der Waals surface area contributed by atoms with Gasteiger partial charge in [-0.15, -0.1) is 13.2 Å². The molecule has 0 amide bonds. The molecule has 0 aliphatic heterocycles. The molecule has 0 aromatic heterocycles. The molecule has 0 bridgehead atoms. The molecule has 0 rings (SSSR count). The maximum Gasteiger partial charge on any atom is 0.0662 e. The molecule has 98 valence electrons. The fourth-order valence-corrected chi connectivity index (χ4v) is 0.204. The average molecular weight is 228 g/mol. The maximum absolute atomic E-state index is 7.62. The van der Waals surface area contributed by atoms with E-state index in [0.717, 1.165) is 13.2 Å². The molecular weight excluding hydrogens is 200 g/mol. The highest BCUT2D eigenvalue weighted by Crippen LogP contribution is 1.64. The van der Waals surface area contributed by atoms with Gasteiger partial charge in [0.05, 0.1) is 13.2 Å². The van der Waals surface area contributed by atoms with E-state index in [1.807, 2.05) is 13.8 Å². The minimum Gasteiger partial charge on any atom is -0.412 e. The molecule has 5 N–H and O–H groups in total. The fourth-order valence-electron chi connectivity index (χ4n) is 0.204. The highest BCUT2D eigenvalue weighted by Gasteiger charge is 1.64. The van der Waals surface area contributed by atoms with E-state index in [2.05, 4.69) is 13.2 Å². The number of ether oxygens (including phenoxy) is 1. The van der Waals surface area contributed by atoms with E-state index < -0.39 is 0 Å². The number of hydrogen-bond acceptors (Lipinski definition) is 4. The lowest BCUT2D eigenvalue weighted by atomic mass is 10.8. The Morgan fingerprint density at radius 2 is 1.07 bits per heavy atom. The Labute approximate surface area is 93.3 Å². The first kappa shape index (κ1) is 29.3. The van der Waals surface area contributed by atoms with E-state index in [9.17, 15) is 0 Å². The molecule has 0 saturated heterocycles. The van der Waals surface area contributed by atoms with Crippen LogP contribution < -0.4 is 0 Å². The van der Waals surface area contributed by atoms with Crippen LogP contribution >= 0.6 is 0 Å². The molecule has 0 saturated carbocycles. The predicted molar refractivity (Wildman–Crippen MR) is 64.0 cm³/mol. The first-order valence-electron chi connectivity index (χ1n) is 4.65. The van der Waals surface area contributed by atoms with Crippen LogP contribution in [0.25, 0.3) is 0 Å². The van der Waals surface area contributed by atoms with Crippen molar-refractivity contribution in [3.8, 4) is 0 Å². The maximum atomic E-state index is 7.62. The quantitative estimate of drug-likeness (QED) is 0.591. The molecule has 0 fully saturated rings. The Morgan fingerprint density at radius 1 is 0.867 bits per heavy atom. The third-order valence-corrected chi connectivity index (χ3v) is 0.508. The Balaban J connectivity index is -0.0000000305. The van der Waals surface area contributed by atoms with Crippen molar-refractivity contribution in [2.24, 2.45) is 0 Å². The fraction of sp³-hybridized carbons (Fsp3) is 0.800. The molecule has 0 aromatic carbocycles. The van der Waals surface area contributed by atoms with Gasteiger partial charge in [-0.1, -0.05) is 0 Å². The first-order valence-corrected chi connectivity index (χ1v) is 4.65. The van der Waals surface area contributed by atoms with E-state index in [-0.39, 0.29) is 25.3 Å². The van der Waals surface area contributed by atoms with Crippen LogP contribution in [-0.2, 0) is 4.74 Å². The zero-order valence-electron chi connectivity index (χ0n) is 10.2. The van der Waals surface area contributed by atoms with E-state index in [1.165, 1.54) is 0 Å². The van der Waals surface area contributed by atoms with Crippen LogP contribution in [0, 0.1) is 0 Å². The summed E-state index contributed by atoms with van der Waals surface area (Å²) in [7, 11) is 0. The second-order valence-electron chi connectivity index (χ2n) is 1.54. The van der Waals surface area contributed by atoms with Gasteiger partial charge in [-0.3, -0.25) is 0 Å². The second kappa shape index (κ2) is 69.4. The molecule has 0 unspecified atom stereocenters. The van der Waals surface area contributed by atoms with Crippen molar-refractivity contribution in [3.05, 3.63) is 13.2 Å². The third-order valence-electron chi connectivity index (χ3n) is 0.508. The summed E-state index contributed by atoms with van der Waals surface area (Å²) in [5.74, 6) is 0. The van der Waals surface area contributed by atoms with Crippen LogP contribution in [0.3, 0.4) is 0 Å². The lowest BCUT2D eigenvalue weighted by Gasteiger charge is -1.86. The van der Waals surface area contributed by atoms with Crippen LogP contribution in [0.2, 0.25) is 0 Å². The number of hydrogen-bond donors (Lipinski definition) is 3. The summed E-state index contributed by atoms with van der Waals surface area (Å²) >= 11 is 0. The normalized spacial score (nSPS) is 6.27. The molecule has 0 atom stereocenters. The second-order valence-corrected chi connectivity index (χ2v) is 1.54. The van der Waals surface area contributed by atoms with E-state index in [1.54, 1.807) is 6.92 Å². The SMILES string of the molecule is C=C.CCO.CCOCC.O.OCCO. The number of rotatable bonds is 3. The molecule has 5 heteroatoms. The molecule has 0 heterocycles. The van der Waals surface area contributed by atoms with E-state index in [4.69, 9.17) is 20.1 Å². The van der Waals surface area contributed by atoms with Gasteiger partial charge in [-0.2, -0.15) is 0 Å². The minimum atomic E-state index is -0.125. The highest BCUT2D eigenvalue weighted by molar-refractivity contribution is 4.22. The molecule has 0 aliphatic carbocycles. The van der Waals surface area contributed by atoms with Crippen LogP contribution in [0.4, 0.5) is 0 Å². The summed E-state index contributed by atoms with van der Waals surface area (Å²) in [6.07, 6.45) is 0. The molecule has 0 aliphatic rings. The van der Waals surface area contributed by atoms with Gasteiger partial charge in [0.25, 0.3) is 0 Å². The number of aliphatic hydroxyl groups excluding tert-OH is 3. The van der Waals surface area contributed by atoms with Crippen molar-refractivity contribution >= 4 is 0 Å². The van der Waals surface area contributed by atoms with E-state index >= 15 is 0 Å². The van der Waals surface area contributed by atoms with Crippen LogP contribution in [-0.4, -0.2) is 53.8 Å². The lowest BCUT2D eigenvalue weighted by molar-refractivity contribution is 0.162. The van der Waals surface area contributed by atoms with Crippen LogP contribution in [0.1, 0.15) is 20.8 Å². The van der Waals surface area contributed by atoms with Crippen molar-refractivity contribution in [1.29, 1.82) is 0 Å². The van der Waals surface area contributed by atoms with Gasteiger partial charge < -0.3 is 25.5 Å². The van der Waals surface area contributed by atoms with Gasteiger partial charge in [0.15, 0.2) is 0 Å². The Morgan fingerprint density at radius 3 is 1.07 bits per heavy atom. The standard InChI is InChI=1S/C4H10O.C2H6O2.C2H6O.C2H4.H2O/c1-3-5-4-2;3-1-2-4;1-2-3;1-2;/h3-4H2,1-2H3;3-4H,1-2H2;3H,2H2,1H3;1-2H2;1H2. The van der Waals surface area contributed by atoms with Crippen molar-refractivity contribution < 1.29 is 25.5 Å². The third kappa shape index (κ3) is 279. The summed E-state index contributed by atoms with van der Waals surface area (Å²) in [6, 6.07) is 0. The smallest absolute Gasteiger partial charge is 0.0662 e. The van der Waals surface area contributed by atoms with Gasteiger partial charge in [-0.25, -0.2) is 0 Å². The lowest BCUT2D eigenvalue weighted by Crippen LogP contribution is -1.85. The first-order chi connectivity index (χ1) is 6.74. The van der Waals surface area contributed by atoms with Crippen molar-refractivity contribution in [2.75, 3.05) is 33.0 Å².